The van der Waals surface area contributed by atoms with E-state index < -0.39 is 52.9 Å². The molecule has 0 heterocycles. The Hall–Kier alpha value is -3.25. The van der Waals surface area contributed by atoms with Gasteiger partial charge in [-0.2, -0.15) is 16.8 Å². The van der Waals surface area contributed by atoms with Crippen molar-refractivity contribution >= 4 is 26.0 Å². The number of hydrogen-bond donors (Lipinski definition) is 2. The van der Waals surface area contributed by atoms with Crippen LogP contribution in [-0.2, 0) is 25.7 Å². The number of ether oxygens (including phenoxy) is 2. The molecule has 9 nitrogen and oxygen atoms in total. The average Bonchev–Trinajstić information content (AvgIpc) is 2.83. The molecule has 0 spiro atoms. The first-order valence-electron chi connectivity index (χ1n) is 12.1. The van der Waals surface area contributed by atoms with Crippen LogP contribution in [0.25, 0.3) is 0 Å². The second-order valence-corrected chi connectivity index (χ2v) is 13.5. The van der Waals surface area contributed by atoms with Crippen LogP contribution in [0.1, 0.15) is 69.4 Å². The summed E-state index contributed by atoms with van der Waals surface area (Å²) in [5.41, 5.74) is 0.504. The van der Waals surface area contributed by atoms with Crippen molar-refractivity contribution in [1.29, 1.82) is 0 Å². The zero-order chi connectivity index (χ0) is 29.4. The van der Waals surface area contributed by atoms with Gasteiger partial charge in [-0.3, -0.25) is 13.9 Å². The van der Waals surface area contributed by atoms with Crippen molar-refractivity contribution in [2.24, 2.45) is 0 Å². The minimum Gasteiger partial charge on any atom is -0.488 e. The third-order valence-corrected chi connectivity index (χ3v) is 7.91. The van der Waals surface area contributed by atoms with Gasteiger partial charge in [0.25, 0.3) is 20.2 Å². The Balaban J connectivity index is 2.03. The van der Waals surface area contributed by atoms with Crippen molar-refractivity contribution in [3.8, 4) is 17.2 Å². The molecule has 11 heteroatoms. The van der Waals surface area contributed by atoms with E-state index in [9.17, 15) is 30.7 Å². The van der Waals surface area contributed by atoms with Crippen LogP contribution in [0, 0.1) is 0 Å². The van der Waals surface area contributed by atoms with Gasteiger partial charge in [-0.05, 0) is 61.6 Å². The van der Waals surface area contributed by atoms with Crippen molar-refractivity contribution in [2.45, 2.75) is 68.8 Å². The number of benzene rings is 3. The summed E-state index contributed by atoms with van der Waals surface area (Å²) in [5, 5.41) is 0. The van der Waals surface area contributed by atoms with Gasteiger partial charge in [0.05, 0.1) is 0 Å². The molecule has 0 amide bonds. The van der Waals surface area contributed by atoms with Crippen LogP contribution >= 0.6 is 0 Å². The topological polar surface area (TPSA) is 144 Å². The molecule has 0 radical (unpaired) electrons. The fourth-order valence-electron chi connectivity index (χ4n) is 3.57. The van der Waals surface area contributed by atoms with E-state index in [1.165, 1.54) is 18.2 Å². The average molecular weight is 577 g/mol. The van der Waals surface area contributed by atoms with E-state index >= 15 is 0 Å². The molecule has 0 aromatic heterocycles. The second kappa shape index (κ2) is 10.7. The Morgan fingerprint density at radius 3 is 1.72 bits per heavy atom. The molecular weight excluding hydrogens is 544 g/mol. The van der Waals surface area contributed by atoms with E-state index in [0.29, 0.717) is 12.0 Å². The first kappa shape index (κ1) is 30.3. The predicted molar refractivity (Wildman–Crippen MR) is 146 cm³/mol. The van der Waals surface area contributed by atoms with Crippen LogP contribution in [0.15, 0.2) is 70.5 Å². The first-order valence-corrected chi connectivity index (χ1v) is 14.9. The highest BCUT2D eigenvalue weighted by Crippen LogP contribution is 2.36. The van der Waals surface area contributed by atoms with Crippen molar-refractivity contribution in [2.75, 3.05) is 0 Å². The Morgan fingerprint density at radius 2 is 1.23 bits per heavy atom. The van der Waals surface area contributed by atoms with Crippen LogP contribution in [0.2, 0.25) is 0 Å². The van der Waals surface area contributed by atoms with E-state index in [2.05, 4.69) is 0 Å². The van der Waals surface area contributed by atoms with E-state index in [1.54, 1.807) is 38.1 Å². The van der Waals surface area contributed by atoms with Gasteiger partial charge in [0.15, 0.2) is 5.78 Å². The second-order valence-electron chi connectivity index (χ2n) is 10.7. The summed E-state index contributed by atoms with van der Waals surface area (Å²) >= 11 is 0. The zero-order valence-electron chi connectivity index (χ0n) is 22.5. The number of rotatable bonds is 9. The normalized spacial score (nSPS) is 12.7. The highest BCUT2D eigenvalue weighted by molar-refractivity contribution is 7.86. The third-order valence-electron chi connectivity index (χ3n) is 6.16. The molecule has 0 bridgehead atoms. The molecule has 210 valence electrons. The van der Waals surface area contributed by atoms with Crippen LogP contribution < -0.4 is 9.47 Å². The lowest BCUT2D eigenvalue weighted by atomic mass is 9.86. The molecule has 0 aliphatic carbocycles. The van der Waals surface area contributed by atoms with Gasteiger partial charge >= 0.3 is 0 Å². The Labute approximate surface area is 229 Å². The molecule has 0 saturated heterocycles. The highest BCUT2D eigenvalue weighted by Gasteiger charge is 2.26. The van der Waals surface area contributed by atoms with Crippen LogP contribution in [0.4, 0.5) is 0 Å². The fraction of sp³-hybridized carbons (Fsp3) is 0.321. The molecular formula is C28H32O9S2. The molecule has 3 aromatic rings. The lowest BCUT2D eigenvalue weighted by Gasteiger charge is -2.25. The molecule has 0 aliphatic heterocycles. The molecule has 39 heavy (non-hydrogen) atoms. The zero-order valence-corrected chi connectivity index (χ0v) is 24.2. The minimum absolute atomic E-state index is 0.0426. The molecule has 0 atom stereocenters. The van der Waals surface area contributed by atoms with E-state index in [1.807, 2.05) is 27.7 Å². The number of carbonyl (C=O) groups is 1. The van der Waals surface area contributed by atoms with Gasteiger partial charge in [-0.1, -0.05) is 52.0 Å². The van der Waals surface area contributed by atoms with E-state index in [0.717, 1.165) is 23.8 Å². The quantitative estimate of drug-likeness (QED) is 0.229. The monoisotopic (exact) mass is 576 g/mol. The maximum Gasteiger partial charge on any atom is 0.298 e. The smallest absolute Gasteiger partial charge is 0.298 e. The SMILES string of the molecule is CCC(C)(C)Oc1ccc(Oc2ccc(C(=O)c3ccc(C(C)(C)C)cc3)cc2S(=O)(=O)O)c(S(=O)(=O)O)c1. The summed E-state index contributed by atoms with van der Waals surface area (Å²) in [6.07, 6.45) is 0.607. The van der Waals surface area contributed by atoms with Crippen LogP contribution in [-0.4, -0.2) is 37.3 Å². The highest BCUT2D eigenvalue weighted by atomic mass is 32.2. The summed E-state index contributed by atoms with van der Waals surface area (Å²) in [7, 11) is -9.75. The van der Waals surface area contributed by atoms with E-state index in [-0.39, 0.29) is 16.7 Å². The van der Waals surface area contributed by atoms with E-state index in [4.69, 9.17) is 9.47 Å². The van der Waals surface area contributed by atoms with Crippen molar-refractivity contribution in [3.05, 3.63) is 77.4 Å². The van der Waals surface area contributed by atoms with Gasteiger partial charge in [-0.15, -0.1) is 0 Å². The lowest BCUT2D eigenvalue weighted by Crippen LogP contribution is -2.26. The van der Waals surface area contributed by atoms with Crippen molar-refractivity contribution in [3.63, 3.8) is 0 Å². The van der Waals surface area contributed by atoms with Crippen molar-refractivity contribution in [1.82, 2.24) is 0 Å². The fourth-order valence-corrected chi connectivity index (χ4v) is 4.84. The molecule has 0 aliphatic rings. The molecule has 2 N–H and O–H groups in total. The van der Waals surface area contributed by atoms with Crippen LogP contribution in [0.5, 0.6) is 17.2 Å². The van der Waals surface area contributed by atoms with Crippen LogP contribution in [0.3, 0.4) is 0 Å². The number of hydrogen-bond acceptors (Lipinski definition) is 7. The predicted octanol–water partition coefficient (Wildman–Crippen LogP) is 6.07. The molecule has 0 unspecified atom stereocenters. The van der Waals surface area contributed by atoms with Gasteiger partial charge in [0.2, 0.25) is 0 Å². The lowest BCUT2D eigenvalue weighted by molar-refractivity contribution is 0.103. The molecule has 3 rings (SSSR count). The number of carbonyl (C=O) groups excluding carboxylic acids is 1. The third kappa shape index (κ3) is 7.45. The summed E-state index contributed by atoms with van der Waals surface area (Å²) in [6, 6.07) is 13.9. The standard InChI is InChI=1S/C28H32O9S2/c1-7-28(5,6)37-21-13-15-23(25(17-21)39(33,34)35)36-22-14-10-19(16-24(22)38(30,31)32)26(29)18-8-11-20(12-9-18)27(2,3)4/h8-17H,7H2,1-6H3,(H,30,31,32)(H,33,34,35). The van der Waals surface area contributed by atoms with Crippen molar-refractivity contribution < 1.29 is 40.2 Å². The van der Waals surface area contributed by atoms with Gasteiger partial charge in [-0.25, -0.2) is 0 Å². The Morgan fingerprint density at radius 1 is 0.744 bits per heavy atom. The summed E-state index contributed by atoms with van der Waals surface area (Å²) in [6.45, 7) is 11.6. The van der Waals surface area contributed by atoms with Gasteiger partial charge in [0.1, 0.15) is 32.6 Å². The molecule has 3 aromatic carbocycles. The Bertz CT molecular complexity index is 1600. The van der Waals surface area contributed by atoms with Gasteiger partial charge in [0, 0.05) is 17.2 Å². The maximum atomic E-state index is 13.1. The van der Waals surface area contributed by atoms with Gasteiger partial charge < -0.3 is 9.47 Å². The summed E-state index contributed by atoms with van der Waals surface area (Å²) in [5.74, 6) is -1.23. The number of ketones is 1. The minimum atomic E-state index is -4.92. The molecule has 0 fully saturated rings. The summed E-state index contributed by atoms with van der Waals surface area (Å²) < 4.78 is 79.6. The largest absolute Gasteiger partial charge is 0.488 e. The Kier molecular flexibility index (Phi) is 8.33. The first-order chi connectivity index (χ1) is 17.8. The summed E-state index contributed by atoms with van der Waals surface area (Å²) in [4.78, 5) is 11.6. The molecule has 0 saturated carbocycles. The maximum absolute atomic E-state index is 13.1.